The molecule has 2 aromatic heterocycles. The minimum Gasteiger partial charge on any atom is -0.342 e. The Morgan fingerprint density at radius 2 is 1.96 bits per heavy atom. The molecule has 24 heavy (non-hydrogen) atoms. The zero-order valence-corrected chi connectivity index (χ0v) is 14.8. The van der Waals surface area contributed by atoms with Crippen LogP contribution >= 0.6 is 15.9 Å². The van der Waals surface area contributed by atoms with E-state index in [-0.39, 0.29) is 5.91 Å². The molecule has 0 aliphatic carbocycles. The smallest absolute Gasteiger partial charge is 0.241 e. The van der Waals surface area contributed by atoms with Gasteiger partial charge in [-0.3, -0.25) is 9.20 Å². The van der Waals surface area contributed by atoms with Crippen molar-refractivity contribution in [3.63, 3.8) is 0 Å². The summed E-state index contributed by atoms with van der Waals surface area (Å²) in [5, 5.41) is 0. The minimum absolute atomic E-state index is 0.0963. The summed E-state index contributed by atoms with van der Waals surface area (Å²) in [6.45, 7) is 1.77. The molecule has 122 valence electrons. The summed E-state index contributed by atoms with van der Waals surface area (Å²) in [5.41, 5.74) is 2.65. The predicted molar refractivity (Wildman–Crippen MR) is 96.0 cm³/mol. The Hall–Kier alpha value is -2.41. The number of amides is 1. The molecule has 0 spiro atoms. The molecule has 1 saturated heterocycles. The van der Waals surface area contributed by atoms with E-state index in [9.17, 15) is 4.79 Å². The number of halogens is 1. The Morgan fingerprint density at radius 3 is 2.71 bits per heavy atom. The molecule has 1 amide bonds. The van der Waals surface area contributed by atoms with Crippen molar-refractivity contribution in [1.82, 2.24) is 19.3 Å². The first-order valence-corrected chi connectivity index (χ1v) is 8.51. The van der Waals surface area contributed by atoms with Crippen molar-refractivity contribution in [2.24, 2.45) is 0 Å². The van der Waals surface area contributed by atoms with E-state index < -0.39 is 0 Å². The number of fused-ring (bicyclic) bond motifs is 1. The van der Waals surface area contributed by atoms with Crippen LogP contribution in [0.4, 0.5) is 5.82 Å². The molecule has 1 aliphatic rings. The van der Waals surface area contributed by atoms with Crippen molar-refractivity contribution in [3.05, 3.63) is 47.3 Å². The van der Waals surface area contributed by atoms with Crippen LogP contribution in [0, 0.1) is 0 Å². The first-order chi connectivity index (χ1) is 11.6. The second kappa shape index (κ2) is 5.90. The molecule has 1 fully saturated rings. The Kier molecular flexibility index (Phi) is 3.72. The number of rotatable bonds is 2. The summed E-state index contributed by atoms with van der Waals surface area (Å²) in [6, 6.07) is 10.0. The van der Waals surface area contributed by atoms with Crippen molar-refractivity contribution in [2.45, 2.75) is 0 Å². The van der Waals surface area contributed by atoms with Crippen LogP contribution in [0.2, 0.25) is 0 Å². The van der Waals surface area contributed by atoms with E-state index in [0.29, 0.717) is 13.1 Å². The molecule has 1 aromatic carbocycles. The molecule has 0 radical (unpaired) electrons. The third kappa shape index (κ3) is 2.45. The fourth-order valence-electron chi connectivity index (χ4n) is 2.88. The number of likely N-dealkylation sites (N-methyl/N-ethyl adjacent to an activating group) is 1. The van der Waals surface area contributed by atoms with Crippen LogP contribution in [-0.2, 0) is 4.79 Å². The normalized spacial score (nSPS) is 15.3. The first-order valence-electron chi connectivity index (χ1n) is 7.72. The number of hydrogen-bond acceptors (Lipinski definition) is 4. The van der Waals surface area contributed by atoms with Crippen LogP contribution in [0.3, 0.4) is 0 Å². The van der Waals surface area contributed by atoms with E-state index in [1.165, 1.54) is 0 Å². The van der Waals surface area contributed by atoms with Gasteiger partial charge in [0.05, 0.1) is 6.54 Å². The van der Waals surface area contributed by atoms with E-state index in [1.54, 1.807) is 11.1 Å². The SMILES string of the molecule is CN1CCN(c2nccn3c(Br)c(-c4ccccc4)nc23)CC1=O. The van der Waals surface area contributed by atoms with Crippen LogP contribution in [0.15, 0.2) is 47.3 Å². The van der Waals surface area contributed by atoms with Crippen molar-refractivity contribution in [3.8, 4) is 11.3 Å². The molecule has 6 nitrogen and oxygen atoms in total. The number of nitrogens with zero attached hydrogens (tertiary/aromatic N) is 5. The predicted octanol–water partition coefficient (Wildman–Crippen LogP) is 2.44. The van der Waals surface area contributed by atoms with Gasteiger partial charge in [0.2, 0.25) is 5.91 Å². The van der Waals surface area contributed by atoms with E-state index in [4.69, 9.17) is 4.98 Å². The summed E-state index contributed by atoms with van der Waals surface area (Å²) < 4.78 is 2.85. The quantitative estimate of drug-likeness (QED) is 0.679. The lowest BCUT2D eigenvalue weighted by Gasteiger charge is -2.32. The highest BCUT2D eigenvalue weighted by Crippen LogP contribution is 2.31. The number of piperazine rings is 1. The van der Waals surface area contributed by atoms with Gasteiger partial charge >= 0.3 is 0 Å². The Bertz CT molecular complexity index is 908. The molecule has 7 heteroatoms. The summed E-state index contributed by atoms with van der Waals surface area (Å²) in [5.74, 6) is 0.834. The number of hydrogen-bond donors (Lipinski definition) is 0. The van der Waals surface area contributed by atoms with Crippen molar-refractivity contribution in [2.75, 3.05) is 31.6 Å². The maximum absolute atomic E-state index is 12.0. The zero-order valence-electron chi connectivity index (χ0n) is 13.2. The maximum Gasteiger partial charge on any atom is 0.241 e. The van der Waals surface area contributed by atoms with Gasteiger partial charge in [0.15, 0.2) is 11.5 Å². The Labute approximate surface area is 147 Å². The number of carbonyl (C=O) groups excluding carboxylic acids is 1. The molecular weight excluding hydrogens is 370 g/mol. The lowest BCUT2D eigenvalue weighted by molar-refractivity contribution is -0.129. The fourth-order valence-corrected chi connectivity index (χ4v) is 3.48. The zero-order chi connectivity index (χ0) is 16.7. The second-order valence-corrected chi connectivity index (χ2v) is 6.55. The second-order valence-electron chi connectivity index (χ2n) is 5.80. The van der Waals surface area contributed by atoms with Gasteiger partial charge in [-0.25, -0.2) is 9.97 Å². The monoisotopic (exact) mass is 385 g/mol. The van der Waals surface area contributed by atoms with Gasteiger partial charge < -0.3 is 9.80 Å². The average molecular weight is 386 g/mol. The van der Waals surface area contributed by atoms with Gasteiger partial charge in [-0.05, 0) is 15.9 Å². The van der Waals surface area contributed by atoms with Crippen molar-refractivity contribution in [1.29, 1.82) is 0 Å². The van der Waals surface area contributed by atoms with E-state index in [1.807, 2.05) is 52.9 Å². The fraction of sp³-hybridized carbons (Fsp3) is 0.235. The van der Waals surface area contributed by atoms with Crippen LogP contribution < -0.4 is 4.90 Å². The number of aromatic nitrogens is 3. The number of carbonyl (C=O) groups is 1. The van der Waals surface area contributed by atoms with Gasteiger partial charge in [0, 0.05) is 38.1 Å². The highest BCUT2D eigenvalue weighted by molar-refractivity contribution is 9.10. The molecular formula is C17H16BrN5O. The Balaban J connectivity index is 1.82. The summed E-state index contributed by atoms with van der Waals surface area (Å²) in [6.07, 6.45) is 3.62. The van der Waals surface area contributed by atoms with Crippen LogP contribution in [0.1, 0.15) is 0 Å². The molecule has 0 saturated carbocycles. The third-order valence-corrected chi connectivity index (χ3v) is 5.03. The lowest BCUT2D eigenvalue weighted by atomic mass is 10.2. The largest absolute Gasteiger partial charge is 0.342 e. The van der Waals surface area contributed by atoms with E-state index >= 15 is 0 Å². The maximum atomic E-state index is 12.0. The molecule has 0 unspecified atom stereocenters. The number of benzene rings is 1. The molecule has 3 aromatic rings. The van der Waals surface area contributed by atoms with Gasteiger partial charge in [0.1, 0.15) is 10.3 Å². The minimum atomic E-state index is 0.0963. The van der Waals surface area contributed by atoms with Gasteiger partial charge in [-0.15, -0.1) is 0 Å². The van der Waals surface area contributed by atoms with Gasteiger partial charge in [-0.1, -0.05) is 30.3 Å². The van der Waals surface area contributed by atoms with Gasteiger partial charge in [-0.2, -0.15) is 0 Å². The summed E-state index contributed by atoms with van der Waals surface area (Å²) in [7, 11) is 1.83. The number of imidazole rings is 1. The molecule has 1 aliphatic heterocycles. The Morgan fingerprint density at radius 1 is 1.17 bits per heavy atom. The number of anilines is 1. The van der Waals surface area contributed by atoms with Gasteiger partial charge in [0.25, 0.3) is 0 Å². The average Bonchev–Trinajstić information content (AvgIpc) is 2.95. The topological polar surface area (TPSA) is 53.7 Å². The highest BCUT2D eigenvalue weighted by atomic mass is 79.9. The molecule has 3 heterocycles. The van der Waals surface area contributed by atoms with E-state index in [0.717, 1.165) is 33.9 Å². The van der Waals surface area contributed by atoms with Crippen LogP contribution in [0.5, 0.6) is 0 Å². The van der Waals surface area contributed by atoms with Crippen molar-refractivity contribution < 1.29 is 4.79 Å². The standard InChI is InChI=1S/C17H16BrN5O/c1-21-9-10-22(11-13(21)24)16-17-20-14(12-5-3-2-4-6-12)15(18)23(17)8-7-19-16/h2-8H,9-11H2,1H3. The van der Waals surface area contributed by atoms with Crippen LogP contribution in [-0.4, -0.2) is 51.9 Å². The summed E-state index contributed by atoms with van der Waals surface area (Å²) >= 11 is 3.65. The molecule has 0 N–H and O–H groups in total. The van der Waals surface area contributed by atoms with Crippen molar-refractivity contribution >= 4 is 33.3 Å². The molecule has 0 bridgehead atoms. The molecule has 4 rings (SSSR count). The van der Waals surface area contributed by atoms with E-state index in [2.05, 4.69) is 20.9 Å². The summed E-state index contributed by atoms with van der Waals surface area (Å²) in [4.78, 5) is 25.0. The lowest BCUT2D eigenvalue weighted by Crippen LogP contribution is -2.49. The van der Waals surface area contributed by atoms with Crippen LogP contribution in [0.25, 0.3) is 16.9 Å². The molecule has 0 atom stereocenters. The highest BCUT2D eigenvalue weighted by Gasteiger charge is 2.25. The third-order valence-electron chi connectivity index (χ3n) is 4.27. The first kappa shape index (κ1) is 15.1.